The molecule has 0 aliphatic rings. The highest BCUT2D eigenvalue weighted by molar-refractivity contribution is 6.31. The Kier molecular flexibility index (Phi) is 3.48. The van der Waals surface area contributed by atoms with Gasteiger partial charge in [0.05, 0.1) is 12.6 Å². The number of aromatic nitrogens is 1. The van der Waals surface area contributed by atoms with Gasteiger partial charge < -0.3 is 9.84 Å². The summed E-state index contributed by atoms with van der Waals surface area (Å²) in [6.45, 7) is 0. The fourth-order valence-electron chi connectivity index (χ4n) is 1.54. The highest BCUT2D eigenvalue weighted by Crippen LogP contribution is 2.24. The van der Waals surface area contributed by atoms with E-state index in [1.165, 1.54) is 6.08 Å². The average Bonchev–Trinajstić information content (AvgIpc) is 2.35. The molecule has 1 aromatic heterocycles. The second kappa shape index (κ2) is 5.06. The molecule has 0 atom stereocenters. The summed E-state index contributed by atoms with van der Waals surface area (Å²) < 4.78 is 5.10. The number of benzene rings is 1. The second-order valence-corrected chi connectivity index (χ2v) is 3.96. The summed E-state index contributed by atoms with van der Waals surface area (Å²) in [6, 6.07) is 7.20. The van der Waals surface area contributed by atoms with Crippen LogP contribution in [0.3, 0.4) is 0 Å². The van der Waals surface area contributed by atoms with Gasteiger partial charge in [-0.25, -0.2) is 9.78 Å². The molecule has 4 nitrogen and oxygen atoms in total. The summed E-state index contributed by atoms with van der Waals surface area (Å²) in [5.41, 5.74) is 1.27. The van der Waals surface area contributed by atoms with Gasteiger partial charge in [-0.3, -0.25) is 0 Å². The van der Waals surface area contributed by atoms with Gasteiger partial charge in [0.2, 0.25) is 0 Å². The van der Waals surface area contributed by atoms with Crippen molar-refractivity contribution in [3.63, 3.8) is 0 Å². The van der Waals surface area contributed by atoms with E-state index in [1.807, 2.05) is 12.1 Å². The van der Waals surface area contributed by atoms with E-state index < -0.39 is 5.97 Å². The lowest BCUT2D eigenvalue weighted by Crippen LogP contribution is -1.89. The Hall–Kier alpha value is -2.07. The van der Waals surface area contributed by atoms with Crippen LogP contribution in [-0.4, -0.2) is 23.2 Å². The maximum absolute atomic E-state index is 10.5. The molecule has 2 rings (SSSR count). The van der Waals surface area contributed by atoms with Crippen LogP contribution in [0.1, 0.15) is 5.56 Å². The Bertz CT molecular complexity index is 637. The molecule has 18 heavy (non-hydrogen) atoms. The number of nitrogens with zero attached hydrogens (tertiary/aromatic N) is 1. The van der Waals surface area contributed by atoms with Crippen molar-refractivity contribution in [3.05, 3.63) is 41.1 Å². The van der Waals surface area contributed by atoms with Crippen LogP contribution in [-0.2, 0) is 4.79 Å². The third-order valence-corrected chi connectivity index (χ3v) is 2.71. The van der Waals surface area contributed by atoms with Crippen molar-refractivity contribution in [1.29, 1.82) is 0 Å². The lowest BCUT2D eigenvalue weighted by molar-refractivity contribution is -0.131. The Morgan fingerprint density at radius 1 is 1.44 bits per heavy atom. The minimum absolute atomic E-state index is 0.258. The number of hydrogen-bond donors (Lipinski definition) is 1. The Morgan fingerprint density at radius 2 is 2.22 bits per heavy atom. The van der Waals surface area contributed by atoms with E-state index >= 15 is 0 Å². The molecule has 0 fully saturated rings. The van der Waals surface area contributed by atoms with E-state index in [0.717, 1.165) is 11.5 Å². The molecule has 1 aromatic carbocycles. The van der Waals surface area contributed by atoms with E-state index in [2.05, 4.69) is 4.98 Å². The third-order valence-electron chi connectivity index (χ3n) is 2.41. The number of halogens is 1. The first-order valence-electron chi connectivity index (χ1n) is 5.15. The van der Waals surface area contributed by atoms with E-state index in [1.54, 1.807) is 19.2 Å². The van der Waals surface area contributed by atoms with Crippen molar-refractivity contribution in [1.82, 2.24) is 4.98 Å². The third kappa shape index (κ3) is 2.60. The van der Waals surface area contributed by atoms with Gasteiger partial charge in [0.25, 0.3) is 0 Å². The highest BCUT2D eigenvalue weighted by atomic mass is 35.5. The van der Waals surface area contributed by atoms with Crippen molar-refractivity contribution >= 4 is 34.5 Å². The first-order chi connectivity index (χ1) is 8.60. The van der Waals surface area contributed by atoms with Crippen LogP contribution in [0.15, 0.2) is 30.3 Å². The number of pyridine rings is 1. The number of methoxy groups -OCH3 is 1. The van der Waals surface area contributed by atoms with Gasteiger partial charge in [-0.1, -0.05) is 11.6 Å². The first kappa shape index (κ1) is 12.4. The number of carboxylic acid groups (broad SMARTS) is 1. The molecular formula is C13H10ClNO3. The summed E-state index contributed by atoms with van der Waals surface area (Å²) in [6.07, 6.45) is 2.44. The molecule has 92 valence electrons. The molecule has 0 saturated carbocycles. The van der Waals surface area contributed by atoms with Crippen LogP contribution in [0.5, 0.6) is 5.75 Å². The maximum Gasteiger partial charge on any atom is 0.328 e. The number of carboxylic acids is 1. The normalized spacial score (nSPS) is 11.0. The molecule has 1 heterocycles. The van der Waals surface area contributed by atoms with E-state index in [0.29, 0.717) is 16.8 Å². The van der Waals surface area contributed by atoms with Gasteiger partial charge in [-0.15, -0.1) is 0 Å². The molecule has 0 amide bonds. The van der Waals surface area contributed by atoms with Gasteiger partial charge in [0, 0.05) is 23.1 Å². The van der Waals surface area contributed by atoms with E-state index in [9.17, 15) is 4.79 Å². The minimum atomic E-state index is -1.03. The average molecular weight is 264 g/mol. The molecule has 1 N–H and O–H groups in total. The first-order valence-corrected chi connectivity index (χ1v) is 5.53. The molecule has 0 saturated heterocycles. The molecule has 0 bridgehead atoms. The number of ether oxygens (including phenoxy) is 1. The van der Waals surface area contributed by atoms with Crippen molar-refractivity contribution in [2.75, 3.05) is 7.11 Å². The van der Waals surface area contributed by atoms with Gasteiger partial charge >= 0.3 is 5.97 Å². The van der Waals surface area contributed by atoms with E-state index in [-0.39, 0.29) is 5.15 Å². The number of carbonyl (C=O) groups is 1. The number of rotatable bonds is 3. The zero-order chi connectivity index (χ0) is 13.1. The Morgan fingerprint density at radius 3 is 2.89 bits per heavy atom. The summed E-state index contributed by atoms with van der Waals surface area (Å²) in [7, 11) is 1.58. The minimum Gasteiger partial charge on any atom is -0.497 e. The molecule has 5 heteroatoms. The van der Waals surface area contributed by atoms with Crippen LogP contribution < -0.4 is 4.74 Å². The summed E-state index contributed by atoms with van der Waals surface area (Å²) in [5, 5.41) is 9.70. The monoisotopic (exact) mass is 263 g/mol. The van der Waals surface area contributed by atoms with Gasteiger partial charge in [0.15, 0.2) is 0 Å². The number of aliphatic carboxylic acids is 1. The van der Waals surface area contributed by atoms with Gasteiger partial charge in [-0.05, 0) is 24.3 Å². The Labute approximate surface area is 108 Å². The summed E-state index contributed by atoms with van der Waals surface area (Å²) >= 11 is 5.99. The van der Waals surface area contributed by atoms with Crippen LogP contribution >= 0.6 is 11.6 Å². The van der Waals surface area contributed by atoms with E-state index in [4.69, 9.17) is 21.4 Å². The van der Waals surface area contributed by atoms with Crippen molar-refractivity contribution in [2.45, 2.75) is 0 Å². The molecule has 0 unspecified atom stereocenters. The lowest BCUT2D eigenvalue weighted by atomic mass is 10.1. The predicted molar refractivity (Wildman–Crippen MR) is 70.0 cm³/mol. The quantitative estimate of drug-likeness (QED) is 0.683. The van der Waals surface area contributed by atoms with Crippen LogP contribution in [0.2, 0.25) is 5.15 Å². The molecule has 2 aromatic rings. The smallest absolute Gasteiger partial charge is 0.328 e. The van der Waals surface area contributed by atoms with Crippen LogP contribution in [0.25, 0.3) is 17.0 Å². The molecule has 0 spiro atoms. The molecular weight excluding hydrogens is 254 g/mol. The Balaban J connectivity index is 2.52. The summed E-state index contributed by atoms with van der Waals surface area (Å²) in [5.74, 6) is -0.333. The zero-order valence-electron chi connectivity index (χ0n) is 9.55. The summed E-state index contributed by atoms with van der Waals surface area (Å²) in [4.78, 5) is 14.7. The molecule has 0 aliphatic carbocycles. The van der Waals surface area contributed by atoms with Crippen LogP contribution in [0.4, 0.5) is 0 Å². The number of fused-ring (bicyclic) bond motifs is 1. The lowest BCUT2D eigenvalue weighted by Gasteiger charge is -2.04. The highest BCUT2D eigenvalue weighted by Gasteiger charge is 2.04. The van der Waals surface area contributed by atoms with Gasteiger partial charge in [0.1, 0.15) is 10.9 Å². The fraction of sp³-hybridized carbons (Fsp3) is 0.0769. The van der Waals surface area contributed by atoms with Crippen molar-refractivity contribution in [3.8, 4) is 5.75 Å². The fourth-order valence-corrected chi connectivity index (χ4v) is 1.75. The maximum atomic E-state index is 10.5. The zero-order valence-corrected chi connectivity index (χ0v) is 10.3. The molecule has 0 aliphatic heterocycles. The predicted octanol–water partition coefficient (Wildman–Crippen LogP) is 2.99. The van der Waals surface area contributed by atoms with Crippen LogP contribution in [0, 0.1) is 0 Å². The second-order valence-electron chi connectivity index (χ2n) is 3.60. The topological polar surface area (TPSA) is 59.4 Å². The van der Waals surface area contributed by atoms with Crippen molar-refractivity contribution in [2.24, 2.45) is 0 Å². The largest absolute Gasteiger partial charge is 0.497 e. The molecule has 0 radical (unpaired) electrons. The SMILES string of the molecule is COc1ccc2cc(/C=C/C(=O)O)c(Cl)nc2c1. The number of hydrogen-bond acceptors (Lipinski definition) is 3. The van der Waals surface area contributed by atoms with Crippen molar-refractivity contribution < 1.29 is 14.6 Å². The standard InChI is InChI=1S/C13H10ClNO3/c1-18-10-4-2-8-6-9(3-5-12(16)17)13(14)15-11(8)7-10/h2-7H,1H3,(H,16,17)/b5-3+. The van der Waals surface area contributed by atoms with Gasteiger partial charge in [-0.2, -0.15) is 0 Å².